The Morgan fingerprint density at radius 3 is 2.00 bits per heavy atom. The van der Waals surface area contributed by atoms with E-state index in [1.807, 2.05) is 54.6 Å². The Bertz CT molecular complexity index is 875. The number of hydrogen-bond donors (Lipinski definition) is 0. The zero-order valence-corrected chi connectivity index (χ0v) is 17.4. The highest BCUT2D eigenvalue weighted by molar-refractivity contribution is 5.35. The molecule has 3 aromatic rings. The fourth-order valence-corrected chi connectivity index (χ4v) is 3.98. The lowest BCUT2D eigenvalue weighted by Gasteiger charge is -2.41. The average molecular weight is 405 g/mol. The molecule has 0 amide bonds. The van der Waals surface area contributed by atoms with Crippen LogP contribution in [-0.4, -0.2) is 43.9 Å². The van der Waals surface area contributed by atoms with E-state index < -0.39 is 0 Å². The number of hydrogen-bond acceptors (Lipinski definition) is 3. The summed E-state index contributed by atoms with van der Waals surface area (Å²) >= 11 is 0. The normalized spacial score (nSPS) is 15.5. The van der Waals surface area contributed by atoms with Gasteiger partial charge >= 0.3 is 0 Å². The molecule has 0 aliphatic carbocycles. The Kier molecular flexibility index (Phi) is 7.01. The maximum Gasteiger partial charge on any atom is 0.127 e. The molecule has 0 N–H and O–H groups in total. The first-order valence-corrected chi connectivity index (χ1v) is 10.7. The third-order valence-corrected chi connectivity index (χ3v) is 5.63. The van der Waals surface area contributed by atoms with Crippen molar-refractivity contribution in [2.45, 2.75) is 13.0 Å². The highest BCUT2D eigenvalue weighted by Crippen LogP contribution is 2.24. The molecule has 0 atom stereocenters. The fraction of sp³-hybridized carbons (Fsp3) is 0.308. The van der Waals surface area contributed by atoms with E-state index >= 15 is 0 Å². The third kappa shape index (κ3) is 5.85. The molecule has 4 rings (SSSR count). The molecule has 4 nitrogen and oxygen atoms in total. The van der Waals surface area contributed by atoms with E-state index in [0.717, 1.165) is 67.5 Å². The molecule has 0 spiro atoms. The van der Waals surface area contributed by atoms with Gasteiger partial charge in [-0.25, -0.2) is 0 Å². The first-order valence-electron chi connectivity index (χ1n) is 10.7. The number of ether oxygens (including phenoxy) is 3. The van der Waals surface area contributed by atoms with Crippen molar-refractivity contribution in [1.82, 2.24) is 0 Å². The van der Waals surface area contributed by atoms with Gasteiger partial charge < -0.3 is 18.7 Å². The highest BCUT2D eigenvalue weighted by Gasteiger charge is 2.30. The standard InChI is InChI=1S/C26H30NO3/c1-3-8-23(9-4-1)22-27(17-20-28-21-18-27)16-7-19-29-24-12-14-26(15-13-24)30-25-10-5-2-6-11-25/h1-6,8-15H,7,16-22H2/q+1. The van der Waals surface area contributed by atoms with Crippen LogP contribution in [0.15, 0.2) is 84.9 Å². The van der Waals surface area contributed by atoms with E-state index in [1.165, 1.54) is 5.56 Å². The Balaban J connectivity index is 1.26. The first kappa shape index (κ1) is 20.5. The summed E-state index contributed by atoms with van der Waals surface area (Å²) in [6.07, 6.45) is 1.02. The minimum Gasteiger partial charge on any atom is -0.493 e. The van der Waals surface area contributed by atoms with Crippen molar-refractivity contribution < 1.29 is 18.7 Å². The summed E-state index contributed by atoms with van der Waals surface area (Å²) < 4.78 is 18.6. The van der Waals surface area contributed by atoms with Crippen LogP contribution < -0.4 is 9.47 Å². The molecule has 0 saturated carbocycles. The van der Waals surface area contributed by atoms with Gasteiger partial charge in [0.1, 0.15) is 36.9 Å². The Hall–Kier alpha value is -2.82. The van der Waals surface area contributed by atoms with Gasteiger partial charge in [0.25, 0.3) is 0 Å². The molecule has 1 saturated heterocycles. The van der Waals surface area contributed by atoms with Crippen LogP contribution in [0.1, 0.15) is 12.0 Å². The summed E-state index contributed by atoms with van der Waals surface area (Å²) in [6.45, 7) is 6.71. The molecule has 4 heteroatoms. The second-order valence-corrected chi connectivity index (χ2v) is 7.86. The molecule has 1 heterocycles. The Morgan fingerprint density at radius 2 is 1.30 bits per heavy atom. The van der Waals surface area contributed by atoms with Gasteiger partial charge in [-0.2, -0.15) is 0 Å². The van der Waals surface area contributed by atoms with E-state index in [1.54, 1.807) is 0 Å². The van der Waals surface area contributed by atoms with Gasteiger partial charge in [-0.1, -0.05) is 48.5 Å². The number of para-hydroxylation sites is 1. The van der Waals surface area contributed by atoms with Crippen molar-refractivity contribution in [3.63, 3.8) is 0 Å². The maximum absolute atomic E-state index is 6.00. The van der Waals surface area contributed by atoms with Gasteiger partial charge in [0.15, 0.2) is 0 Å². The molecular formula is C26H30NO3+. The number of rotatable bonds is 9. The summed E-state index contributed by atoms with van der Waals surface area (Å²) in [5.74, 6) is 2.53. The van der Waals surface area contributed by atoms with E-state index in [4.69, 9.17) is 14.2 Å². The number of quaternary nitrogens is 1. The highest BCUT2D eigenvalue weighted by atomic mass is 16.5. The van der Waals surface area contributed by atoms with Crippen molar-refractivity contribution in [1.29, 1.82) is 0 Å². The summed E-state index contributed by atoms with van der Waals surface area (Å²) in [5, 5.41) is 0. The third-order valence-electron chi connectivity index (χ3n) is 5.63. The van der Waals surface area contributed by atoms with Gasteiger partial charge in [0, 0.05) is 12.0 Å². The van der Waals surface area contributed by atoms with Crippen LogP contribution in [0.4, 0.5) is 0 Å². The summed E-state index contributed by atoms with van der Waals surface area (Å²) in [5.41, 5.74) is 1.40. The number of nitrogens with zero attached hydrogens (tertiary/aromatic N) is 1. The minimum atomic E-state index is 0.717. The first-order chi connectivity index (χ1) is 14.8. The topological polar surface area (TPSA) is 27.7 Å². The van der Waals surface area contributed by atoms with Crippen LogP contribution in [0.2, 0.25) is 0 Å². The fourth-order valence-electron chi connectivity index (χ4n) is 3.98. The van der Waals surface area contributed by atoms with Crippen molar-refractivity contribution in [3.8, 4) is 17.2 Å². The Morgan fingerprint density at radius 1 is 0.700 bits per heavy atom. The molecule has 3 aromatic carbocycles. The number of benzene rings is 3. The maximum atomic E-state index is 6.00. The summed E-state index contributed by atoms with van der Waals surface area (Å²) in [6, 6.07) is 28.4. The van der Waals surface area contributed by atoms with E-state index in [0.29, 0.717) is 6.61 Å². The van der Waals surface area contributed by atoms with Crippen molar-refractivity contribution in [2.24, 2.45) is 0 Å². The lowest BCUT2D eigenvalue weighted by Crippen LogP contribution is -2.55. The van der Waals surface area contributed by atoms with Gasteiger partial charge in [0.05, 0.1) is 26.4 Å². The SMILES string of the molecule is c1ccc(C[N+]2(CCCOc3ccc(Oc4ccccc4)cc3)CCOCC2)cc1. The molecule has 0 bridgehead atoms. The molecule has 1 fully saturated rings. The quantitative estimate of drug-likeness (QED) is 0.358. The monoisotopic (exact) mass is 404 g/mol. The number of morpholine rings is 1. The average Bonchev–Trinajstić information content (AvgIpc) is 2.80. The smallest absolute Gasteiger partial charge is 0.127 e. The van der Waals surface area contributed by atoms with Crippen molar-refractivity contribution in [3.05, 3.63) is 90.5 Å². The minimum absolute atomic E-state index is 0.717. The second-order valence-electron chi connectivity index (χ2n) is 7.86. The van der Waals surface area contributed by atoms with Crippen LogP contribution >= 0.6 is 0 Å². The predicted molar refractivity (Wildman–Crippen MR) is 119 cm³/mol. The molecule has 0 radical (unpaired) electrons. The molecular weight excluding hydrogens is 374 g/mol. The molecule has 30 heavy (non-hydrogen) atoms. The largest absolute Gasteiger partial charge is 0.493 e. The second kappa shape index (κ2) is 10.3. The van der Waals surface area contributed by atoms with Gasteiger partial charge in [-0.05, 0) is 36.4 Å². The van der Waals surface area contributed by atoms with Crippen LogP contribution in [0.3, 0.4) is 0 Å². The van der Waals surface area contributed by atoms with E-state index in [-0.39, 0.29) is 0 Å². The lowest BCUT2D eigenvalue weighted by molar-refractivity contribution is -0.947. The molecule has 0 aromatic heterocycles. The molecule has 1 aliphatic rings. The van der Waals surface area contributed by atoms with Crippen LogP contribution in [-0.2, 0) is 11.3 Å². The Labute approximate surface area is 179 Å². The summed E-state index contributed by atoms with van der Waals surface area (Å²) in [4.78, 5) is 0. The molecule has 156 valence electrons. The van der Waals surface area contributed by atoms with Crippen LogP contribution in [0.5, 0.6) is 17.2 Å². The van der Waals surface area contributed by atoms with E-state index in [9.17, 15) is 0 Å². The summed E-state index contributed by atoms with van der Waals surface area (Å²) in [7, 11) is 0. The lowest BCUT2D eigenvalue weighted by atomic mass is 10.1. The van der Waals surface area contributed by atoms with Gasteiger partial charge in [-0.3, -0.25) is 0 Å². The van der Waals surface area contributed by atoms with Crippen LogP contribution in [0.25, 0.3) is 0 Å². The van der Waals surface area contributed by atoms with Gasteiger partial charge in [-0.15, -0.1) is 0 Å². The zero-order chi connectivity index (χ0) is 20.5. The molecule has 0 unspecified atom stereocenters. The van der Waals surface area contributed by atoms with Crippen LogP contribution in [0, 0.1) is 0 Å². The zero-order valence-electron chi connectivity index (χ0n) is 17.4. The van der Waals surface area contributed by atoms with Gasteiger partial charge in [0.2, 0.25) is 0 Å². The van der Waals surface area contributed by atoms with Crippen molar-refractivity contribution >= 4 is 0 Å². The molecule has 1 aliphatic heterocycles. The predicted octanol–water partition coefficient (Wildman–Crippen LogP) is 5.30. The van der Waals surface area contributed by atoms with E-state index in [2.05, 4.69) is 30.3 Å². The van der Waals surface area contributed by atoms with Crippen molar-refractivity contribution in [2.75, 3.05) is 39.5 Å².